The molecule has 2 aromatic carbocycles. The standard InChI is InChI=1S/C21H20FN5O4S/c22-15-9-4-5-11-19(15)32(30,31)27-12-6-10-18(27)21(29)26-25-20(28)17-13-16(23-24-17)14-7-2-1-3-8-14/h1-5,7-9,11,13,18H,6,10,12H2,(H,23,24)(H,25,28)(H,26,29). The van der Waals surface area contributed by atoms with Gasteiger partial charge in [-0.05, 0) is 31.0 Å². The molecule has 1 aliphatic rings. The highest BCUT2D eigenvalue weighted by molar-refractivity contribution is 7.89. The molecular weight excluding hydrogens is 437 g/mol. The van der Waals surface area contributed by atoms with E-state index in [0.717, 1.165) is 22.0 Å². The molecule has 3 aromatic rings. The van der Waals surface area contributed by atoms with Crippen molar-refractivity contribution in [1.29, 1.82) is 0 Å². The van der Waals surface area contributed by atoms with Crippen molar-refractivity contribution in [2.45, 2.75) is 23.8 Å². The summed E-state index contributed by atoms with van der Waals surface area (Å²) in [4.78, 5) is 24.5. The van der Waals surface area contributed by atoms with E-state index < -0.39 is 38.6 Å². The normalized spacial score (nSPS) is 16.6. The number of nitrogens with zero attached hydrogens (tertiary/aromatic N) is 2. The molecule has 1 aliphatic heterocycles. The molecule has 0 bridgehead atoms. The minimum Gasteiger partial charge on any atom is -0.272 e. The number of aromatic nitrogens is 2. The highest BCUT2D eigenvalue weighted by Crippen LogP contribution is 2.27. The summed E-state index contributed by atoms with van der Waals surface area (Å²) >= 11 is 0. The molecule has 0 saturated carbocycles. The van der Waals surface area contributed by atoms with Crippen molar-refractivity contribution in [3.8, 4) is 11.3 Å². The minimum atomic E-state index is -4.21. The Labute approximate surface area is 183 Å². The maximum Gasteiger partial charge on any atom is 0.287 e. The van der Waals surface area contributed by atoms with Crippen LogP contribution in [0.25, 0.3) is 11.3 Å². The third-order valence-corrected chi connectivity index (χ3v) is 7.06. The van der Waals surface area contributed by atoms with Crippen LogP contribution in [0.2, 0.25) is 0 Å². The zero-order valence-electron chi connectivity index (χ0n) is 16.8. The maximum absolute atomic E-state index is 14.1. The predicted octanol–water partition coefficient (Wildman–Crippen LogP) is 1.83. The Morgan fingerprint density at radius 2 is 1.78 bits per heavy atom. The molecule has 2 amide bonds. The number of carbonyl (C=O) groups is 2. The van der Waals surface area contributed by atoms with Gasteiger partial charge in [0.2, 0.25) is 10.0 Å². The number of H-pyrrole nitrogens is 1. The van der Waals surface area contributed by atoms with Crippen LogP contribution in [0.5, 0.6) is 0 Å². The van der Waals surface area contributed by atoms with Crippen LogP contribution in [0.15, 0.2) is 65.6 Å². The van der Waals surface area contributed by atoms with Gasteiger partial charge in [-0.25, -0.2) is 12.8 Å². The fraction of sp³-hybridized carbons (Fsp3) is 0.190. The van der Waals surface area contributed by atoms with Crippen molar-refractivity contribution < 1.29 is 22.4 Å². The van der Waals surface area contributed by atoms with Gasteiger partial charge in [0.15, 0.2) is 0 Å². The van der Waals surface area contributed by atoms with Crippen molar-refractivity contribution in [2.75, 3.05) is 6.54 Å². The van der Waals surface area contributed by atoms with Gasteiger partial charge in [-0.15, -0.1) is 0 Å². The summed E-state index contributed by atoms with van der Waals surface area (Å²) < 4.78 is 40.8. The van der Waals surface area contributed by atoms with Crippen molar-refractivity contribution in [3.05, 3.63) is 72.2 Å². The molecule has 4 rings (SSSR count). The lowest BCUT2D eigenvalue weighted by atomic mass is 10.1. The average molecular weight is 457 g/mol. The number of hydrazine groups is 1. The summed E-state index contributed by atoms with van der Waals surface area (Å²) in [5.74, 6) is -2.24. The van der Waals surface area contributed by atoms with Crippen LogP contribution in [0, 0.1) is 5.82 Å². The number of carbonyl (C=O) groups excluding carboxylic acids is 2. The van der Waals surface area contributed by atoms with E-state index in [1.54, 1.807) is 0 Å². The number of benzene rings is 2. The first-order chi connectivity index (χ1) is 15.4. The Bertz CT molecular complexity index is 1250. The molecule has 11 heteroatoms. The summed E-state index contributed by atoms with van der Waals surface area (Å²) in [6, 6.07) is 14.7. The Morgan fingerprint density at radius 1 is 1.06 bits per heavy atom. The smallest absolute Gasteiger partial charge is 0.272 e. The quantitative estimate of drug-likeness (QED) is 0.504. The van der Waals surface area contributed by atoms with Gasteiger partial charge in [0.25, 0.3) is 11.8 Å². The Hall–Kier alpha value is -3.57. The Morgan fingerprint density at radius 3 is 2.53 bits per heavy atom. The second-order valence-electron chi connectivity index (χ2n) is 7.18. The average Bonchev–Trinajstić information content (AvgIpc) is 3.48. The Kier molecular flexibility index (Phi) is 6.01. The number of amides is 2. The summed E-state index contributed by atoms with van der Waals surface area (Å²) in [5, 5.41) is 6.67. The van der Waals surface area contributed by atoms with Crippen LogP contribution < -0.4 is 10.9 Å². The molecule has 0 aliphatic carbocycles. The van der Waals surface area contributed by atoms with E-state index in [1.807, 2.05) is 30.3 Å². The van der Waals surface area contributed by atoms with Gasteiger partial charge < -0.3 is 0 Å². The van der Waals surface area contributed by atoms with Crippen molar-refractivity contribution in [1.82, 2.24) is 25.4 Å². The lowest BCUT2D eigenvalue weighted by Crippen LogP contribution is -2.51. The SMILES string of the molecule is O=C(NNC(=O)C1CCCN1S(=O)(=O)c1ccccc1F)c1cc(-c2ccccc2)n[nH]1. The van der Waals surface area contributed by atoms with Gasteiger partial charge in [0.05, 0.1) is 5.69 Å². The molecule has 1 fully saturated rings. The fourth-order valence-corrected chi connectivity index (χ4v) is 5.26. The molecule has 0 spiro atoms. The largest absolute Gasteiger partial charge is 0.287 e. The number of hydrogen-bond acceptors (Lipinski definition) is 5. The summed E-state index contributed by atoms with van der Waals surface area (Å²) in [6.45, 7) is 0.0731. The van der Waals surface area contributed by atoms with Gasteiger partial charge in [-0.3, -0.25) is 25.5 Å². The van der Waals surface area contributed by atoms with E-state index in [1.165, 1.54) is 18.2 Å². The van der Waals surface area contributed by atoms with Crippen LogP contribution in [0.3, 0.4) is 0 Å². The lowest BCUT2D eigenvalue weighted by molar-refractivity contribution is -0.125. The number of rotatable bonds is 5. The number of hydrogen-bond donors (Lipinski definition) is 3. The van der Waals surface area contributed by atoms with E-state index in [9.17, 15) is 22.4 Å². The lowest BCUT2D eigenvalue weighted by Gasteiger charge is -2.23. The third kappa shape index (κ3) is 4.25. The highest BCUT2D eigenvalue weighted by Gasteiger charge is 2.40. The zero-order chi connectivity index (χ0) is 22.7. The molecule has 3 N–H and O–H groups in total. The van der Waals surface area contributed by atoms with E-state index >= 15 is 0 Å². The number of nitrogens with one attached hydrogen (secondary N) is 3. The van der Waals surface area contributed by atoms with E-state index in [4.69, 9.17) is 0 Å². The van der Waals surface area contributed by atoms with Crippen LogP contribution in [-0.4, -0.2) is 47.3 Å². The summed E-state index contributed by atoms with van der Waals surface area (Å²) in [5.41, 5.74) is 6.00. The van der Waals surface area contributed by atoms with Crippen LogP contribution in [0.1, 0.15) is 23.3 Å². The van der Waals surface area contributed by atoms with Crippen LogP contribution in [0.4, 0.5) is 4.39 Å². The fourth-order valence-electron chi connectivity index (χ4n) is 3.53. The predicted molar refractivity (Wildman–Crippen MR) is 113 cm³/mol. The van der Waals surface area contributed by atoms with Crippen LogP contribution >= 0.6 is 0 Å². The molecular formula is C21H20FN5O4S. The molecule has 1 saturated heterocycles. The number of sulfonamides is 1. The second kappa shape index (κ2) is 8.89. The van der Waals surface area contributed by atoms with E-state index in [2.05, 4.69) is 21.0 Å². The van der Waals surface area contributed by atoms with E-state index in [0.29, 0.717) is 12.1 Å². The molecule has 166 valence electrons. The molecule has 1 atom stereocenters. The Balaban J connectivity index is 1.42. The third-order valence-electron chi connectivity index (χ3n) is 5.12. The molecule has 32 heavy (non-hydrogen) atoms. The molecule has 1 unspecified atom stereocenters. The summed E-state index contributed by atoms with van der Waals surface area (Å²) in [7, 11) is -4.21. The summed E-state index contributed by atoms with van der Waals surface area (Å²) in [6.07, 6.45) is 0.679. The first-order valence-corrected chi connectivity index (χ1v) is 11.3. The highest BCUT2D eigenvalue weighted by atomic mass is 32.2. The van der Waals surface area contributed by atoms with Crippen molar-refractivity contribution in [3.63, 3.8) is 0 Å². The first-order valence-electron chi connectivity index (χ1n) is 9.85. The first kappa shape index (κ1) is 21.7. The van der Waals surface area contributed by atoms with Gasteiger partial charge in [-0.1, -0.05) is 42.5 Å². The molecule has 9 nitrogen and oxygen atoms in total. The van der Waals surface area contributed by atoms with Crippen molar-refractivity contribution in [2.24, 2.45) is 0 Å². The zero-order valence-corrected chi connectivity index (χ0v) is 17.6. The monoisotopic (exact) mass is 457 g/mol. The maximum atomic E-state index is 14.1. The van der Waals surface area contributed by atoms with Gasteiger partial charge in [-0.2, -0.15) is 9.40 Å². The molecule has 0 radical (unpaired) electrons. The van der Waals surface area contributed by atoms with Crippen LogP contribution in [-0.2, 0) is 14.8 Å². The van der Waals surface area contributed by atoms with Gasteiger partial charge in [0, 0.05) is 12.1 Å². The van der Waals surface area contributed by atoms with Gasteiger partial charge in [0.1, 0.15) is 22.4 Å². The van der Waals surface area contributed by atoms with E-state index in [-0.39, 0.29) is 18.7 Å². The topological polar surface area (TPSA) is 124 Å². The minimum absolute atomic E-state index is 0.0731. The number of halogens is 1. The molecule has 1 aromatic heterocycles. The van der Waals surface area contributed by atoms with Crippen molar-refractivity contribution >= 4 is 21.8 Å². The second-order valence-corrected chi connectivity index (χ2v) is 9.04. The molecule has 2 heterocycles. The number of aromatic amines is 1. The van der Waals surface area contributed by atoms with Gasteiger partial charge >= 0.3 is 0 Å².